The molecule has 0 aliphatic rings. The van der Waals surface area contributed by atoms with Crippen molar-refractivity contribution < 1.29 is 9.90 Å². The zero-order valence-corrected chi connectivity index (χ0v) is 9.05. The summed E-state index contributed by atoms with van der Waals surface area (Å²) < 4.78 is 0. The van der Waals surface area contributed by atoms with E-state index in [1.54, 1.807) is 6.92 Å². The highest BCUT2D eigenvalue weighted by Gasteiger charge is 2.15. The molecule has 0 bridgehead atoms. The van der Waals surface area contributed by atoms with Gasteiger partial charge in [-0.25, -0.2) is 0 Å². The molecule has 0 aliphatic carbocycles. The molecule has 1 atom stereocenters. The first-order valence-electron chi connectivity index (χ1n) is 4.76. The van der Waals surface area contributed by atoms with Crippen molar-refractivity contribution in [1.29, 1.82) is 0 Å². The van der Waals surface area contributed by atoms with Crippen LogP contribution in [0.4, 0.5) is 0 Å². The van der Waals surface area contributed by atoms with E-state index in [4.69, 9.17) is 5.11 Å². The highest BCUT2D eigenvalue weighted by atomic mass is 16.3. The molecule has 0 fully saturated rings. The first-order chi connectivity index (χ1) is 5.81. The zero-order valence-electron chi connectivity index (χ0n) is 9.05. The lowest BCUT2D eigenvalue weighted by Crippen LogP contribution is -2.29. The molecule has 13 heavy (non-hydrogen) atoms. The average Bonchev–Trinajstić information content (AvgIpc) is 1.81. The van der Waals surface area contributed by atoms with E-state index in [0.29, 0.717) is 19.4 Å². The van der Waals surface area contributed by atoms with Crippen LogP contribution in [0.25, 0.3) is 0 Å². The van der Waals surface area contributed by atoms with E-state index in [1.165, 1.54) is 0 Å². The molecular weight excluding hydrogens is 166 g/mol. The highest BCUT2D eigenvalue weighted by molar-refractivity contribution is 5.76. The third-order valence-electron chi connectivity index (χ3n) is 1.58. The lowest BCUT2D eigenvalue weighted by molar-refractivity contribution is -0.122. The molecule has 3 nitrogen and oxygen atoms in total. The second kappa shape index (κ2) is 5.22. The first-order valence-corrected chi connectivity index (χ1v) is 4.76. The van der Waals surface area contributed by atoms with Gasteiger partial charge in [0.05, 0.1) is 6.10 Å². The molecule has 0 aromatic heterocycles. The Balaban J connectivity index is 3.53. The van der Waals surface area contributed by atoms with Crippen molar-refractivity contribution in [2.45, 2.75) is 46.6 Å². The molecule has 0 rings (SSSR count). The number of aliphatic hydroxyl groups is 1. The number of aliphatic hydroxyl groups excluding tert-OH is 1. The molecule has 2 N–H and O–H groups in total. The predicted molar refractivity (Wildman–Crippen MR) is 53.4 cm³/mol. The van der Waals surface area contributed by atoms with Gasteiger partial charge in [-0.15, -0.1) is 0 Å². The van der Waals surface area contributed by atoms with E-state index in [9.17, 15) is 4.79 Å². The van der Waals surface area contributed by atoms with E-state index in [0.717, 1.165) is 0 Å². The molecule has 3 heteroatoms. The molecular formula is C10H21NO2. The Morgan fingerprint density at radius 2 is 2.00 bits per heavy atom. The fourth-order valence-corrected chi connectivity index (χ4v) is 0.965. The van der Waals surface area contributed by atoms with Crippen molar-refractivity contribution in [3.05, 3.63) is 0 Å². The number of nitrogens with one attached hydrogen (secondary N) is 1. The maximum atomic E-state index is 11.2. The van der Waals surface area contributed by atoms with Gasteiger partial charge in [-0.3, -0.25) is 4.79 Å². The summed E-state index contributed by atoms with van der Waals surface area (Å²) in [6, 6.07) is 0. The van der Waals surface area contributed by atoms with Gasteiger partial charge in [-0.2, -0.15) is 0 Å². The molecule has 0 radical (unpaired) electrons. The summed E-state index contributed by atoms with van der Waals surface area (Å²) in [5, 5.41) is 11.7. The van der Waals surface area contributed by atoms with Gasteiger partial charge in [0.2, 0.25) is 5.91 Å². The van der Waals surface area contributed by atoms with Crippen LogP contribution < -0.4 is 5.32 Å². The first kappa shape index (κ1) is 12.4. The number of hydrogen-bond acceptors (Lipinski definition) is 2. The molecule has 78 valence electrons. The second-order valence-corrected chi connectivity index (χ2v) is 4.73. The van der Waals surface area contributed by atoms with Crippen LogP contribution in [0.1, 0.15) is 40.5 Å². The summed E-state index contributed by atoms with van der Waals surface area (Å²) in [6.07, 6.45) is 0.817. The van der Waals surface area contributed by atoms with Crippen LogP contribution in [0.3, 0.4) is 0 Å². The van der Waals surface area contributed by atoms with Gasteiger partial charge in [0.25, 0.3) is 0 Å². The fraction of sp³-hybridized carbons (Fsp3) is 0.900. The Bertz CT molecular complexity index is 159. The summed E-state index contributed by atoms with van der Waals surface area (Å²) in [4.78, 5) is 11.2. The van der Waals surface area contributed by atoms with Gasteiger partial charge in [0.15, 0.2) is 0 Å². The Hall–Kier alpha value is -0.570. The van der Waals surface area contributed by atoms with Crippen LogP contribution in [0.2, 0.25) is 0 Å². The number of carbonyl (C=O) groups is 1. The number of hydrogen-bond donors (Lipinski definition) is 2. The normalized spacial score (nSPS) is 13.9. The fourth-order valence-electron chi connectivity index (χ4n) is 0.965. The van der Waals surface area contributed by atoms with Gasteiger partial charge in [0, 0.05) is 13.0 Å². The smallest absolute Gasteiger partial charge is 0.220 e. The second-order valence-electron chi connectivity index (χ2n) is 4.73. The van der Waals surface area contributed by atoms with E-state index >= 15 is 0 Å². The number of rotatable bonds is 4. The standard InChI is InChI=1S/C10H21NO2/c1-8(12)5-6-11-9(13)7-10(2,3)4/h8,12H,5-7H2,1-4H3,(H,11,13). The van der Waals surface area contributed by atoms with Crippen molar-refractivity contribution in [2.24, 2.45) is 5.41 Å². The lowest BCUT2D eigenvalue weighted by Gasteiger charge is -2.17. The van der Waals surface area contributed by atoms with Crippen molar-refractivity contribution in [2.75, 3.05) is 6.54 Å². The van der Waals surface area contributed by atoms with Gasteiger partial charge in [-0.05, 0) is 18.8 Å². The van der Waals surface area contributed by atoms with E-state index in [-0.39, 0.29) is 17.4 Å². The van der Waals surface area contributed by atoms with E-state index < -0.39 is 0 Å². The zero-order chi connectivity index (χ0) is 10.5. The molecule has 0 heterocycles. The quantitative estimate of drug-likeness (QED) is 0.697. The van der Waals surface area contributed by atoms with Crippen molar-refractivity contribution >= 4 is 5.91 Å². The molecule has 0 aromatic carbocycles. The van der Waals surface area contributed by atoms with Gasteiger partial charge >= 0.3 is 0 Å². The topological polar surface area (TPSA) is 49.3 Å². The molecule has 0 spiro atoms. The van der Waals surface area contributed by atoms with E-state index in [2.05, 4.69) is 5.32 Å². The minimum absolute atomic E-state index is 0.0366. The monoisotopic (exact) mass is 187 g/mol. The maximum Gasteiger partial charge on any atom is 0.220 e. The summed E-state index contributed by atoms with van der Waals surface area (Å²) >= 11 is 0. The number of carbonyl (C=O) groups excluding carboxylic acids is 1. The van der Waals surface area contributed by atoms with Crippen molar-refractivity contribution in [3.63, 3.8) is 0 Å². The van der Waals surface area contributed by atoms with Crippen LogP contribution in [0, 0.1) is 5.41 Å². The third-order valence-corrected chi connectivity index (χ3v) is 1.58. The Morgan fingerprint density at radius 1 is 1.46 bits per heavy atom. The molecule has 0 saturated heterocycles. The summed E-state index contributed by atoms with van der Waals surface area (Å²) in [5.41, 5.74) is 0.0366. The molecule has 0 aliphatic heterocycles. The highest BCUT2D eigenvalue weighted by Crippen LogP contribution is 2.17. The maximum absolute atomic E-state index is 11.2. The third kappa shape index (κ3) is 9.34. The Kier molecular flexibility index (Phi) is 4.99. The van der Waals surface area contributed by atoms with Crippen LogP contribution >= 0.6 is 0 Å². The minimum atomic E-state index is -0.338. The van der Waals surface area contributed by atoms with Gasteiger partial charge < -0.3 is 10.4 Å². The molecule has 1 amide bonds. The van der Waals surface area contributed by atoms with Crippen LogP contribution in [-0.4, -0.2) is 23.7 Å². The average molecular weight is 187 g/mol. The van der Waals surface area contributed by atoms with Crippen LogP contribution in [0.15, 0.2) is 0 Å². The SMILES string of the molecule is CC(O)CCNC(=O)CC(C)(C)C. The minimum Gasteiger partial charge on any atom is -0.393 e. The Labute approximate surface area is 80.5 Å². The van der Waals surface area contributed by atoms with Crippen LogP contribution in [-0.2, 0) is 4.79 Å². The van der Waals surface area contributed by atoms with E-state index in [1.807, 2.05) is 20.8 Å². The van der Waals surface area contributed by atoms with Crippen LogP contribution in [0.5, 0.6) is 0 Å². The summed E-state index contributed by atoms with van der Waals surface area (Å²) in [7, 11) is 0. The lowest BCUT2D eigenvalue weighted by atomic mass is 9.92. The van der Waals surface area contributed by atoms with Gasteiger partial charge in [0.1, 0.15) is 0 Å². The van der Waals surface area contributed by atoms with Crippen molar-refractivity contribution in [1.82, 2.24) is 5.32 Å². The number of amides is 1. The molecule has 1 unspecified atom stereocenters. The molecule has 0 aromatic rings. The Morgan fingerprint density at radius 3 is 2.38 bits per heavy atom. The largest absolute Gasteiger partial charge is 0.393 e. The molecule has 0 saturated carbocycles. The van der Waals surface area contributed by atoms with Crippen molar-refractivity contribution in [3.8, 4) is 0 Å². The summed E-state index contributed by atoms with van der Waals surface area (Å²) in [5.74, 6) is 0.0631. The van der Waals surface area contributed by atoms with Gasteiger partial charge in [-0.1, -0.05) is 20.8 Å². The summed E-state index contributed by atoms with van der Waals surface area (Å²) in [6.45, 7) is 8.37. The predicted octanol–water partition coefficient (Wildman–Crippen LogP) is 1.31.